The largest absolute Gasteiger partial charge is 0.388 e. The van der Waals surface area contributed by atoms with Crippen LogP contribution in [0.1, 0.15) is 47.0 Å². The maximum Gasteiger partial charge on any atom is 0.211 e. The number of rotatable bonds is 7. The van der Waals surface area contributed by atoms with Crippen molar-refractivity contribution in [3.8, 4) is 0 Å². The van der Waals surface area contributed by atoms with E-state index in [4.69, 9.17) is 11.1 Å². The Morgan fingerprint density at radius 3 is 2.29 bits per heavy atom. The van der Waals surface area contributed by atoms with Crippen LogP contribution >= 0.6 is 0 Å². The Kier molecular flexibility index (Phi) is 6.12. The number of hydrogen-bond acceptors (Lipinski definition) is 3. The van der Waals surface area contributed by atoms with Crippen LogP contribution in [0.5, 0.6) is 0 Å². The predicted octanol–water partition coefficient (Wildman–Crippen LogP) is 1.45. The molecule has 0 fully saturated rings. The zero-order valence-electron chi connectivity index (χ0n) is 11.2. The molecule has 4 N–H and O–H groups in total. The van der Waals surface area contributed by atoms with Crippen molar-refractivity contribution < 1.29 is 8.42 Å². The van der Waals surface area contributed by atoms with Gasteiger partial charge in [-0.3, -0.25) is 5.41 Å². The summed E-state index contributed by atoms with van der Waals surface area (Å²) in [6.07, 6.45) is 1.51. The maximum atomic E-state index is 11.8. The minimum Gasteiger partial charge on any atom is -0.388 e. The van der Waals surface area contributed by atoms with Crippen LogP contribution < -0.4 is 10.5 Å². The molecule has 17 heavy (non-hydrogen) atoms. The second kappa shape index (κ2) is 6.35. The molecule has 0 saturated carbocycles. The van der Waals surface area contributed by atoms with Crippen molar-refractivity contribution in [2.45, 2.75) is 53.0 Å². The van der Waals surface area contributed by atoms with Crippen LogP contribution in [0.25, 0.3) is 0 Å². The van der Waals surface area contributed by atoms with Crippen molar-refractivity contribution in [3.63, 3.8) is 0 Å². The molecular weight excluding hydrogens is 238 g/mol. The molecule has 1 atom stereocenters. The summed E-state index contributed by atoms with van der Waals surface area (Å²) in [5.74, 6) is 0.126. The molecule has 0 heterocycles. The average Bonchev–Trinajstić information content (AvgIpc) is 2.12. The molecule has 102 valence electrons. The van der Waals surface area contributed by atoms with Crippen LogP contribution in [0.15, 0.2) is 0 Å². The minimum atomic E-state index is -3.27. The van der Waals surface area contributed by atoms with Crippen LogP contribution in [0.3, 0.4) is 0 Å². The van der Waals surface area contributed by atoms with E-state index in [2.05, 4.69) is 4.72 Å². The molecule has 0 saturated heterocycles. The second-order valence-corrected chi connectivity index (χ2v) is 7.46. The molecule has 0 aliphatic rings. The fourth-order valence-electron chi connectivity index (χ4n) is 1.29. The first-order valence-electron chi connectivity index (χ1n) is 5.88. The molecule has 0 aromatic rings. The zero-order chi connectivity index (χ0) is 13.7. The minimum absolute atomic E-state index is 0.00294. The lowest BCUT2D eigenvalue weighted by molar-refractivity contribution is 0.395. The van der Waals surface area contributed by atoms with Gasteiger partial charge < -0.3 is 5.73 Å². The number of nitrogens with one attached hydrogen (secondary N) is 2. The van der Waals surface area contributed by atoms with Gasteiger partial charge in [-0.2, -0.15) is 0 Å². The van der Waals surface area contributed by atoms with E-state index in [1.807, 2.05) is 27.7 Å². The summed E-state index contributed by atoms with van der Waals surface area (Å²) in [6.45, 7) is 7.90. The predicted molar refractivity (Wildman–Crippen MR) is 71.6 cm³/mol. The number of hydrogen-bond donors (Lipinski definition) is 3. The van der Waals surface area contributed by atoms with Crippen molar-refractivity contribution >= 4 is 15.9 Å². The Morgan fingerprint density at radius 1 is 1.41 bits per heavy atom. The zero-order valence-corrected chi connectivity index (χ0v) is 12.0. The van der Waals surface area contributed by atoms with Gasteiger partial charge in [-0.15, -0.1) is 0 Å². The SMILES string of the molecule is CCC(CC(=N)N)NS(=O)(=O)CCC(C)(C)C. The molecule has 0 aliphatic carbocycles. The van der Waals surface area contributed by atoms with Crippen LogP contribution in [-0.2, 0) is 10.0 Å². The lowest BCUT2D eigenvalue weighted by atomic mass is 9.94. The summed E-state index contributed by atoms with van der Waals surface area (Å²) < 4.78 is 26.2. The smallest absolute Gasteiger partial charge is 0.211 e. The van der Waals surface area contributed by atoms with Crippen LogP contribution in [-0.4, -0.2) is 26.0 Å². The molecular formula is C11H25N3O2S. The topological polar surface area (TPSA) is 96.0 Å². The van der Waals surface area contributed by atoms with Crippen LogP contribution in [0.2, 0.25) is 0 Å². The number of sulfonamides is 1. The van der Waals surface area contributed by atoms with Gasteiger partial charge in [-0.25, -0.2) is 13.1 Å². The molecule has 0 amide bonds. The van der Waals surface area contributed by atoms with Gasteiger partial charge in [-0.1, -0.05) is 27.7 Å². The van der Waals surface area contributed by atoms with Crippen molar-refractivity contribution in [2.24, 2.45) is 11.1 Å². The number of amidine groups is 1. The van der Waals surface area contributed by atoms with E-state index in [0.717, 1.165) is 0 Å². The molecule has 0 bridgehead atoms. The van der Waals surface area contributed by atoms with Crippen molar-refractivity contribution in [3.05, 3.63) is 0 Å². The summed E-state index contributed by atoms with van der Waals surface area (Å²) in [7, 11) is -3.27. The highest BCUT2D eigenvalue weighted by Crippen LogP contribution is 2.19. The Balaban J connectivity index is 4.37. The Labute approximate surface area is 105 Å². The molecule has 5 nitrogen and oxygen atoms in total. The lowest BCUT2D eigenvalue weighted by Gasteiger charge is -2.20. The van der Waals surface area contributed by atoms with Gasteiger partial charge in [0.1, 0.15) is 0 Å². The van der Waals surface area contributed by atoms with E-state index in [9.17, 15) is 8.42 Å². The van der Waals surface area contributed by atoms with Crippen molar-refractivity contribution in [1.82, 2.24) is 4.72 Å². The third-order valence-corrected chi connectivity index (χ3v) is 3.86. The van der Waals surface area contributed by atoms with Gasteiger partial charge in [0.15, 0.2) is 0 Å². The molecule has 0 aromatic carbocycles. The van der Waals surface area contributed by atoms with E-state index >= 15 is 0 Å². The Morgan fingerprint density at radius 2 is 1.94 bits per heavy atom. The Hall–Kier alpha value is -0.620. The van der Waals surface area contributed by atoms with Crippen molar-refractivity contribution in [2.75, 3.05) is 5.75 Å². The van der Waals surface area contributed by atoms with E-state index < -0.39 is 10.0 Å². The van der Waals surface area contributed by atoms with Gasteiger partial charge in [-0.05, 0) is 18.3 Å². The third kappa shape index (κ3) is 9.12. The van der Waals surface area contributed by atoms with Gasteiger partial charge >= 0.3 is 0 Å². The van der Waals surface area contributed by atoms with Crippen molar-refractivity contribution in [1.29, 1.82) is 5.41 Å². The average molecular weight is 263 g/mol. The molecule has 1 unspecified atom stereocenters. The first-order chi connectivity index (χ1) is 7.56. The molecule has 0 aliphatic heterocycles. The van der Waals surface area contributed by atoms with Crippen LogP contribution in [0, 0.1) is 10.8 Å². The standard InChI is InChI=1S/C11H25N3O2S/c1-5-9(8-10(12)13)14-17(15,16)7-6-11(2,3)4/h9,14H,5-8H2,1-4H3,(H3,12,13). The second-order valence-electron chi connectivity index (χ2n) is 5.58. The quantitative estimate of drug-likeness (QED) is 0.479. The maximum absolute atomic E-state index is 11.8. The fourth-order valence-corrected chi connectivity index (χ4v) is 3.05. The first-order valence-corrected chi connectivity index (χ1v) is 7.54. The highest BCUT2D eigenvalue weighted by Gasteiger charge is 2.20. The summed E-state index contributed by atoms with van der Waals surface area (Å²) in [6, 6.07) is -0.266. The van der Waals surface area contributed by atoms with E-state index in [1.54, 1.807) is 0 Å². The molecule has 0 radical (unpaired) electrons. The normalized spacial score (nSPS) is 14.6. The monoisotopic (exact) mass is 263 g/mol. The molecule has 6 heteroatoms. The molecule has 0 rings (SSSR count). The van der Waals surface area contributed by atoms with E-state index in [-0.39, 0.29) is 29.5 Å². The summed E-state index contributed by atoms with van der Waals surface area (Å²) in [5.41, 5.74) is 5.28. The fraction of sp³-hybridized carbons (Fsp3) is 0.909. The number of nitrogens with two attached hydrogens (primary N) is 1. The van der Waals surface area contributed by atoms with E-state index in [0.29, 0.717) is 12.8 Å². The van der Waals surface area contributed by atoms with Gasteiger partial charge in [0.2, 0.25) is 10.0 Å². The summed E-state index contributed by atoms with van der Waals surface area (Å²) in [5, 5.41) is 7.18. The van der Waals surface area contributed by atoms with Gasteiger partial charge in [0.25, 0.3) is 0 Å². The third-order valence-electron chi connectivity index (χ3n) is 2.43. The highest BCUT2D eigenvalue weighted by atomic mass is 32.2. The summed E-state index contributed by atoms with van der Waals surface area (Å²) >= 11 is 0. The van der Waals surface area contributed by atoms with Crippen LogP contribution in [0.4, 0.5) is 0 Å². The van der Waals surface area contributed by atoms with Gasteiger partial charge in [0, 0.05) is 12.5 Å². The lowest BCUT2D eigenvalue weighted by Crippen LogP contribution is -2.39. The highest BCUT2D eigenvalue weighted by molar-refractivity contribution is 7.89. The molecule has 0 spiro atoms. The first kappa shape index (κ1) is 16.4. The van der Waals surface area contributed by atoms with Gasteiger partial charge in [0.05, 0.1) is 11.6 Å². The Bertz CT molecular complexity index is 344. The molecule has 0 aromatic heterocycles. The summed E-state index contributed by atoms with van der Waals surface area (Å²) in [4.78, 5) is 0. The van der Waals surface area contributed by atoms with E-state index in [1.165, 1.54) is 0 Å².